The summed E-state index contributed by atoms with van der Waals surface area (Å²) in [6.07, 6.45) is 1.69. The minimum Gasteiger partial charge on any atom is -0.478 e. The van der Waals surface area contributed by atoms with Gasteiger partial charge in [-0.2, -0.15) is 4.98 Å². The van der Waals surface area contributed by atoms with Gasteiger partial charge in [0.25, 0.3) is 0 Å². The van der Waals surface area contributed by atoms with Crippen LogP contribution in [0.5, 0.6) is 5.88 Å². The summed E-state index contributed by atoms with van der Waals surface area (Å²) in [6, 6.07) is 5.91. The zero-order chi connectivity index (χ0) is 11.8. The van der Waals surface area contributed by atoms with Gasteiger partial charge < -0.3 is 15.2 Å². The summed E-state index contributed by atoms with van der Waals surface area (Å²) < 4.78 is 5.32. The van der Waals surface area contributed by atoms with Crippen LogP contribution in [-0.4, -0.2) is 29.3 Å². The zero-order valence-electron chi connectivity index (χ0n) is 9.94. The van der Waals surface area contributed by atoms with Crippen molar-refractivity contribution in [1.82, 2.24) is 4.98 Å². The van der Waals surface area contributed by atoms with Crippen LogP contribution in [0.2, 0.25) is 0 Å². The Morgan fingerprint density at radius 3 is 2.88 bits per heavy atom. The van der Waals surface area contributed by atoms with Gasteiger partial charge >= 0.3 is 0 Å². The monoisotopic (exact) mass is 224 g/mol. The van der Waals surface area contributed by atoms with Gasteiger partial charge in [0.05, 0.1) is 6.61 Å². The predicted octanol–water partition coefficient (Wildman–Crippen LogP) is 2.05. The van der Waals surface area contributed by atoms with Gasteiger partial charge in [-0.15, -0.1) is 0 Å². The second-order valence-corrected chi connectivity index (χ2v) is 3.56. The van der Waals surface area contributed by atoms with Gasteiger partial charge in [-0.25, -0.2) is 0 Å². The Bertz CT molecular complexity index is 305. The molecule has 0 saturated heterocycles. The highest BCUT2D eigenvalue weighted by Gasteiger charge is 2.06. The van der Waals surface area contributed by atoms with E-state index < -0.39 is 0 Å². The van der Waals surface area contributed by atoms with E-state index in [2.05, 4.69) is 17.2 Å². The van der Waals surface area contributed by atoms with Gasteiger partial charge in [0.2, 0.25) is 5.88 Å². The van der Waals surface area contributed by atoms with Crippen molar-refractivity contribution in [1.29, 1.82) is 0 Å². The lowest BCUT2D eigenvalue weighted by atomic mass is 10.1. The van der Waals surface area contributed by atoms with Crippen LogP contribution in [0.1, 0.15) is 26.7 Å². The molecule has 1 aromatic rings. The van der Waals surface area contributed by atoms with Gasteiger partial charge in [-0.05, 0) is 25.8 Å². The normalized spacial score (nSPS) is 12.2. The number of hydrogen-bond acceptors (Lipinski definition) is 4. The molecule has 1 aromatic heterocycles. The highest BCUT2D eigenvalue weighted by atomic mass is 16.5. The quantitative estimate of drug-likeness (QED) is 0.744. The number of rotatable bonds is 7. The number of nitrogens with one attached hydrogen (secondary N) is 1. The summed E-state index contributed by atoms with van der Waals surface area (Å²) in [5, 5.41) is 12.2. The molecule has 0 amide bonds. The summed E-state index contributed by atoms with van der Waals surface area (Å²) in [7, 11) is 0. The van der Waals surface area contributed by atoms with Gasteiger partial charge in [-0.3, -0.25) is 0 Å². The van der Waals surface area contributed by atoms with E-state index in [1.807, 2.05) is 25.1 Å². The number of aliphatic hydroxyl groups excluding tert-OH is 1. The van der Waals surface area contributed by atoms with E-state index >= 15 is 0 Å². The van der Waals surface area contributed by atoms with Crippen LogP contribution < -0.4 is 10.1 Å². The molecule has 2 N–H and O–H groups in total. The van der Waals surface area contributed by atoms with Crippen molar-refractivity contribution in [2.24, 2.45) is 0 Å². The Morgan fingerprint density at radius 1 is 1.44 bits per heavy atom. The van der Waals surface area contributed by atoms with Crippen LogP contribution in [0, 0.1) is 0 Å². The number of anilines is 1. The zero-order valence-corrected chi connectivity index (χ0v) is 9.94. The lowest BCUT2D eigenvalue weighted by Gasteiger charge is -2.16. The molecule has 1 unspecified atom stereocenters. The molecule has 16 heavy (non-hydrogen) atoms. The number of ether oxygens (including phenoxy) is 1. The molecule has 0 fully saturated rings. The molecule has 0 bridgehead atoms. The number of hydrogen-bond donors (Lipinski definition) is 2. The Morgan fingerprint density at radius 2 is 2.25 bits per heavy atom. The highest BCUT2D eigenvalue weighted by Crippen LogP contribution is 2.13. The summed E-state index contributed by atoms with van der Waals surface area (Å²) >= 11 is 0. The molecule has 0 radical (unpaired) electrons. The third-order valence-corrected chi connectivity index (χ3v) is 2.34. The summed E-state index contributed by atoms with van der Waals surface area (Å²) in [6.45, 7) is 4.82. The standard InChI is InChI=1S/C12H20N2O2/c1-3-10(8-9-15)13-11-6-5-7-12(14-11)16-4-2/h5-7,10,15H,3-4,8-9H2,1-2H3,(H,13,14). The van der Waals surface area contributed by atoms with E-state index in [0.29, 0.717) is 12.5 Å². The molecule has 0 aromatic carbocycles. The third-order valence-electron chi connectivity index (χ3n) is 2.34. The van der Waals surface area contributed by atoms with Gasteiger partial charge in [0.1, 0.15) is 5.82 Å². The molecule has 0 aliphatic rings. The Kier molecular flexibility index (Phi) is 5.64. The van der Waals surface area contributed by atoms with Gasteiger partial charge in [0, 0.05) is 18.7 Å². The maximum absolute atomic E-state index is 8.90. The molecule has 4 nitrogen and oxygen atoms in total. The molecule has 0 aliphatic carbocycles. The first-order chi connectivity index (χ1) is 7.80. The fourth-order valence-corrected chi connectivity index (χ4v) is 1.47. The maximum Gasteiger partial charge on any atom is 0.215 e. The molecular weight excluding hydrogens is 204 g/mol. The lowest BCUT2D eigenvalue weighted by molar-refractivity contribution is 0.278. The van der Waals surface area contributed by atoms with Crippen LogP contribution in [-0.2, 0) is 0 Å². The Labute approximate surface area is 96.7 Å². The van der Waals surface area contributed by atoms with Crippen LogP contribution in [0.25, 0.3) is 0 Å². The Hall–Kier alpha value is -1.29. The van der Waals surface area contributed by atoms with Gasteiger partial charge in [-0.1, -0.05) is 13.0 Å². The van der Waals surface area contributed by atoms with E-state index in [1.54, 1.807) is 0 Å². The molecule has 0 saturated carbocycles. The number of aliphatic hydroxyl groups is 1. The fraction of sp³-hybridized carbons (Fsp3) is 0.583. The van der Waals surface area contributed by atoms with Gasteiger partial charge in [0.15, 0.2) is 0 Å². The van der Waals surface area contributed by atoms with Crippen molar-refractivity contribution in [3.05, 3.63) is 18.2 Å². The van der Waals surface area contributed by atoms with Crippen LogP contribution in [0.3, 0.4) is 0 Å². The second kappa shape index (κ2) is 7.06. The number of aromatic nitrogens is 1. The van der Waals surface area contributed by atoms with Crippen molar-refractivity contribution in [3.63, 3.8) is 0 Å². The first-order valence-corrected chi connectivity index (χ1v) is 5.77. The Balaban J connectivity index is 2.60. The molecule has 4 heteroatoms. The topological polar surface area (TPSA) is 54.4 Å². The largest absolute Gasteiger partial charge is 0.478 e. The molecular formula is C12H20N2O2. The highest BCUT2D eigenvalue weighted by molar-refractivity contribution is 5.38. The van der Waals surface area contributed by atoms with E-state index in [0.717, 1.165) is 18.7 Å². The first-order valence-electron chi connectivity index (χ1n) is 5.77. The average Bonchev–Trinajstić information content (AvgIpc) is 2.29. The van der Waals surface area contributed by atoms with Crippen molar-refractivity contribution in [2.75, 3.05) is 18.5 Å². The third kappa shape index (κ3) is 4.06. The van der Waals surface area contributed by atoms with Crippen molar-refractivity contribution < 1.29 is 9.84 Å². The van der Waals surface area contributed by atoms with Crippen LogP contribution in [0.15, 0.2) is 18.2 Å². The number of pyridine rings is 1. The second-order valence-electron chi connectivity index (χ2n) is 3.56. The molecule has 0 spiro atoms. The predicted molar refractivity (Wildman–Crippen MR) is 64.8 cm³/mol. The summed E-state index contributed by atoms with van der Waals surface area (Å²) in [5.41, 5.74) is 0. The average molecular weight is 224 g/mol. The lowest BCUT2D eigenvalue weighted by Crippen LogP contribution is -2.20. The van der Waals surface area contributed by atoms with Crippen molar-refractivity contribution >= 4 is 5.82 Å². The smallest absolute Gasteiger partial charge is 0.215 e. The molecule has 1 rings (SSSR count). The van der Waals surface area contributed by atoms with E-state index in [9.17, 15) is 0 Å². The molecule has 1 atom stereocenters. The van der Waals surface area contributed by atoms with E-state index in [-0.39, 0.29) is 12.6 Å². The number of nitrogens with zero attached hydrogens (tertiary/aromatic N) is 1. The molecule has 90 valence electrons. The van der Waals surface area contributed by atoms with Crippen LogP contribution in [0.4, 0.5) is 5.82 Å². The fourth-order valence-electron chi connectivity index (χ4n) is 1.47. The molecule has 1 heterocycles. The summed E-state index contributed by atoms with van der Waals surface area (Å²) in [4.78, 5) is 4.32. The first kappa shape index (κ1) is 12.8. The minimum atomic E-state index is 0.191. The maximum atomic E-state index is 8.90. The van der Waals surface area contributed by atoms with Crippen LogP contribution >= 0.6 is 0 Å². The molecule has 0 aliphatic heterocycles. The minimum absolute atomic E-state index is 0.191. The van der Waals surface area contributed by atoms with E-state index in [1.165, 1.54) is 0 Å². The SMILES string of the molecule is CCOc1cccc(NC(CC)CCO)n1. The van der Waals surface area contributed by atoms with Crippen molar-refractivity contribution in [3.8, 4) is 5.88 Å². The van der Waals surface area contributed by atoms with Crippen molar-refractivity contribution in [2.45, 2.75) is 32.7 Å². The summed E-state index contributed by atoms with van der Waals surface area (Å²) in [5.74, 6) is 1.43. The van der Waals surface area contributed by atoms with E-state index in [4.69, 9.17) is 9.84 Å².